The molecule has 0 amide bonds. The zero-order valence-electron chi connectivity index (χ0n) is 8.30. The maximum absolute atomic E-state index is 8.77. The van der Waals surface area contributed by atoms with Crippen molar-refractivity contribution in [3.63, 3.8) is 0 Å². The van der Waals surface area contributed by atoms with Crippen molar-refractivity contribution >= 4 is 0 Å². The monoisotopic (exact) mass is 201 g/mol. The van der Waals surface area contributed by atoms with Crippen molar-refractivity contribution in [3.05, 3.63) is 11.7 Å². The number of nitrogens with zero attached hydrogens (tertiary/aromatic N) is 2. The molecule has 6 heteroatoms. The summed E-state index contributed by atoms with van der Waals surface area (Å²) >= 11 is 0. The normalized spacial score (nSPS) is 15.4. The number of aliphatic hydroxyl groups excluding tert-OH is 1. The highest BCUT2D eigenvalue weighted by Crippen LogP contribution is 2.18. The number of aromatic nitrogens is 2. The number of rotatable bonds is 5. The van der Waals surface area contributed by atoms with Crippen molar-refractivity contribution in [1.29, 1.82) is 0 Å². The van der Waals surface area contributed by atoms with E-state index >= 15 is 0 Å². The van der Waals surface area contributed by atoms with Crippen molar-refractivity contribution in [3.8, 4) is 0 Å². The molecule has 3 N–H and O–H groups in total. The van der Waals surface area contributed by atoms with E-state index in [0.717, 1.165) is 6.42 Å². The molecule has 0 aliphatic rings. The third-order valence-electron chi connectivity index (χ3n) is 1.91. The van der Waals surface area contributed by atoms with Gasteiger partial charge in [-0.25, -0.2) is 0 Å². The first-order valence-corrected chi connectivity index (χ1v) is 4.45. The molecule has 0 bridgehead atoms. The highest BCUT2D eigenvalue weighted by molar-refractivity contribution is 4.94. The largest absolute Gasteiger partial charge is 0.394 e. The highest BCUT2D eigenvalue weighted by atomic mass is 16.5. The fourth-order valence-electron chi connectivity index (χ4n) is 1.06. The summed E-state index contributed by atoms with van der Waals surface area (Å²) in [5.41, 5.74) is 5.50. The molecule has 2 atom stereocenters. The van der Waals surface area contributed by atoms with Gasteiger partial charge in [-0.1, -0.05) is 12.1 Å². The number of hydrogen-bond acceptors (Lipinski definition) is 6. The Morgan fingerprint density at radius 1 is 1.64 bits per heavy atom. The average molecular weight is 201 g/mol. The second kappa shape index (κ2) is 5.04. The molecule has 0 saturated carbocycles. The predicted octanol–water partition coefficient (Wildman–Crippen LogP) is 0.159. The van der Waals surface area contributed by atoms with Crippen LogP contribution in [0.5, 0.6) is 0 Å². The molecule has 0 radical (unpaired) electrons. The lowest BCUT2D eigenvalue weighted by Crippen LogP contribution is -2.15. The van der Waals surface area contributed by atoms with Gasteiger partial charge in [0.15, 0.2) is 0 Å². The summed E-state index contributed by atoms with van der Waals surface area (Å²) in [6, 6.07) is -0.620. The maximum Gasteiger partial charge on any atom is 0.246 e. The molecule has 0 aliphatic carbocycles. The Kier molecular flexibility index (Phi) is 3.99. The second-order valence-corrected chi connectivity index (χ2v) is 2.91. The van der Waals surface area contributed by atoms with Crippen LogP contribution >= 0.6 is 0 Å². The molecule has 0 aliphatic heterocycles. The van der Waals surface area contributed by atoms with Gasteiger partial charge < -0.3 is 20.1 Å². The van der Waals surface area contributed by atoms with Crippen LogP contribution in [0.25, 0.3) is 0 Å². The second-order valence-electron chi connectivity index (χ2n) is 2.91. The summed E-state index contributed by atoms with van der Waals surface area (Å²) in [6.07, 6.45) is 0.572. The van der Waals surface area contributed by atoms with Gasteiger partial charge in [-0.3, -0.25) is 0 Å². The van der Waals surface area contributed by atoms with Crippen LogP contribution in [-0.2, 0) is 4.74 Å². The Labute approximate surface area is 82.1 Å². The zero-order valence-corrected chi connectivity index (χ0v) is 8.30. The van der Waals surface area contributed by atoms with Gasteiger partial charge in [0.1, 0.15) is 12.1 Å². The fraction of sp³-hybridized carbons (Fsp3) is 0.750. The number of methoxy groups -OCH3 is 1. The molecule has 1 unspecified atom stereocenters. The van der Waals surface area contributed by atoms with Crippen molar-refractivity contribution in [2.24, 2.45) is 5.73 Å². The van der Waals surface area contributed by atoms with Crippen LogP contribution in [0.3, 0.4) is 0 Å². The fourth-order valence-corrected chi connectivity index (χ4v) is 1.06. The molecular formula is C8H15N3O3. The van der Waals surface area contributed by atoms with Crippen LogP contribution < -0.4 is 5.73 Å². The van der Waals surface area contributed by atoms with Crippen molar-refractivity contribution in [2.45, 2.75) is 25.5 Å². The minimum Gasteiger partial charge on any atom is -0.394 e. The molecular weight excluding hydrogens is 186 g/mol. The van der Waals surface area contributed by atoms with Crippen LogP contribution in [0.1, 0.15) is 37.2 Å². The van der Waals surface area contributed by atoms with Crippen molar-refractivity contribution in [2.75, 3.05) is 13.7 Å². The summed E-state index contributed by atoms with van der Waals surface area (Å²) in [5.74, 6) is 0.701. The maximum atomic E-state index is 8.77. The summed E-state index contributed by atoms with van der Waals surface area (Å²) in [7, 11) is 1.58. The van der Waals surface area contributed by atoms with Gasteiger partial charge in [0.05, 0.1) is 6.61 Å². The van der Waals surface area contributed by atoms with Crippen LogP contribution in [0.4, 0.5) is 0 Å². The van der Waals surface area contributed by atoms with Crippen LogP contribution in [0.15, 0.2) is 4.52 Å². The first-order valence-electron chi connectivity index (χ1n) is 4.45. The lowest BCUT2D eigenvalue weighted by atomic mass is 10.2. The highest BCUT2D eigenvalue weighted by Gasteiger charge is 2.18. The molecule has 0 spiro atoms. The summed E-state index contributed by atoms with van der Waals surface area (Å²) in [5, 5.41) is 12.5. The summed E-state index contributed by atoms with van der Waals surface area (Å²) in [6.45, 7) is 1.74. The van der Waals surface area contributed by atoms with E-state index in [2.05, 4.69) is 10.1 Å². The van der Waals surface area contributed by atoms with Crippen molar-refractivity contribution in [1.82, 2.24) is 10.1 Å². The molecule has 6 nitrogen and oxygen atoms in total. The summed E-state index contributed by atoms with van der Waals surface area (Å²) < 4.78 is 10.00. The minimum atomic E-state index is -0.620. The lowest BCUT2D eigenvalue weighted by molar-refractivity contribution is 0.0903. The molecule has 1 heterocycles. The first kappa shape index (κ1) is 11.1. The van der Waals surface area contributed by atoms with Gasteiger partial charge in [0.2, 0.25) is 11.7 Å². The van der Waals surface area contributed by atoms with E-state index in [4.69, 9.17) is 20.1 Å². The van der Waals surface area contributed by atoms with E-state index in [0.29, 0.717) is 5.82 Å². The van der Waals surface area contributed by atoms with Gasteiger partial charge in [0, 0.05) is 7.11 Å². The Bertz CT molecular complexity index is 273. The van der Waals surface area contributed by atoms with E-state index in [-0.39, 0.29) is 18.6 Å². The predicted molar refractivity (Wildman–Crippen MR) is 48.4 cm³/mol. The van der Waals surface area contributed by atoms with E-state index in [1.54, 1.807) is 7.11 Å². The number of nitrogens with two attached hydrogens (primary N) is 1. The molecule has 1 aromatic heterocycles. The Hall–Kier alpha value is -0.980. The van der Waals surface area contributed by atoms with Crippen LogP contribution in [0.2, 0.25) is 0 Å². The smallest absolute Gasteiger partial charge is 0.246 e. The number of aliphatic hydroxyl groups is 1. The quantitative estimate of drug-likeness (QED) is 0.704. The third-order valence-corrected chi connectivity index (χ3v) is 1.91. The standard InChI is InChI=1S/C8H15N3O3/c1-3-6(13-2)7-10-8(14-11-7)5(9)4-12/h5-6,12H,3-4,9H2,1-2H3/t5-,6?/m1/s1. The van der Waals surface area contributed by atoms with Gasteiger partial charge in [0.25, 0.3) is 0 Å². The number of ether oxygens (including phenoxy) is 1. The van der Waals surface area contributed by atoms with E-state index in [1.807, 2.05) is 6.92 Å². The van der Waals surface area contributed by atoms with Gasteiger partial charge in [-0.15, -0.1) is 0 Å². The SMILES string of the molecule is CCC(OC)c1noc([C@H](N)CO)n1. The molecule has 0 saturated heterocycles. The summed E-state index contributed by atoms with van der Waals surface area (Å²) in [4.78, 5) is 4.04. The Morgan fingerprint density at radius 2 is 2.36 bits per heavy atom. The van der Waals surface area contributed by atoms with E-state index in [1.165, 1.54) is 0 Å². The average Bonchev–Trinajstić information content (AvgIpc) is 2.68. The van der Waals surface area contributed by atoms with Gasteiger partial charge >= 0.3 is 0 Å². The van der Waals surface area contributed by atoms with Crippen LogP contribution in [-0.4, -0.2) is 29.0 Å². The molecule has 1 aromatic rings. The van der Waals surface area contributed by atoms with Crippen molar-refractivity contribution < 1.29 is 14.4 Å². The third kappa shape index (κ3) is 2.28. The minimum absolute atomic E-state index is 0.182. The molecule has 1 rings (SSSR count). The molecule has 80 valence electrons. The molecule has 0 aromatic carbocycles. The Balaban J connectivity index is 2.76. The van der Waals surface area contributed by atoms with Gasteiger partial charge in [-0.2, -0.15) is 4.98 Å². The van der Waals surface area contributed by atoms with E-state index < -0.39 is 6.04 Å². The Morgan fingerprint density at radius 3 is 2.86 bits per heavy atom. The van der Waals surface area contributed by atoms with E-state index in [9.17, 15) is 0 Å². The zero-order chi connectivity index (χ0) is 10.6. The molecule has 14 heavy (non-hydrogen) atoms. The van der Waals surface area contributed by atoms with Gasteiger partial charge in [-0.05, 0) is 6.42 Å². The molecule has 0 fully saturated rings. The lowest BCUT2D eigenvalue weighted by Gasteiger charge is -2.06. The first-order chi connectivity index (χ1) is 6.72. The van der Waals surface area contributed by atoms with Crippen LogP contribution in [0, 0.1) is 0 Å². The number of hydrogen-bond donors (Lipinski definition) is 2. The topological polar surface area (TPSA) is 94.4 Å².